The molecule has 3 rings (SSSR count). The Labute approximate surface area is 80.5 Å². The Hall–Kier alpha value is -2.03. The maximum Gasteiger partial charge on any atom is 0.161 e. The third-order valence-corrected chi connectivity index (χ3v) is 2.16. The van der Waals surface area contributed by atoms with Crippen LogP contribution in [0.3, 0.4) is 0 Å². The van der Waals surface area contributed by atoms with Crippen molar-refractivity contribution in [3.05, 3.63) is 42.7 Å². The summed E-state index contributed by atoms with van der Waals surface area (Å²) >= 11 is 0. The maximum atomic E-state index is 4.36. The molecule has 3 heterocycles. The molecule has 66 valence electrons. The summed E-state index contributed by atoms with van der Waals surface area (Å²) in [5.41, 5.74) is 1.50. The molecule has 3 heteroatoms. The highest BCUT2D eigenvalue weighted by Gasteiger charge is 1.98. The predicted octanol–water partition coefficient (Wildman–Crippen LogP) is 2.18. The van der Waals surface area contributed by atoms with E-state index >= 15 is 0 Å². The molecule has 14 heavy (non-hydrogen) atoms. The second-order valence-electron chi connectivity index (χ2n) is 3.09. The Morgan fingerprint density at radius 2 is 1.36 bits per heavy atom. The van der Waals surface area contributed by atoms with Crippen molar-refractivity contribution in [3.8, 4) is 0 Å². The van der Waals surface area contributed by atoms with Crippen molar-refractivity contribution in [2.75, 3.05) is 0 Å². The Kier molecular flexibility index (Phi) is 1.44. The monoisotopic (exact) mass is 181 g/mol. The molecule has 0 aliphatic rings. The van der Waals surface area contributed by atoms with Gasteiger partial charge in [0.2, 0.25) is 0 Å². The van der Waals surface area contributed by atoms with E-state index < -0.39 is 0 Å². The molecule has 0 aliphatic heterocycles. The van der Waals surface area contributed by atoms with Gasteiger partial charge in [0.1, 0.15) is 0 Å². The van der Waals surface area contributed by atoms with Crippen molar-refractivity contribution in [3.63, 3.8) is 0 Å². The summed E-state index contributed by atoms with van der Waals surface area (Å²) in [6, 6.07) is 9.87. The van der Waals surface area contributed by atoms with Gasteiger partial charge in [-0.05, 0) is 30.3 Å². The van der Waals surface area contributed by atoms with E-state index in [4.69, 9.17) is 0 Å². The smallest absolute Gasteiger partial charge is 0.161 e. The molecule has 0 fully saturated rings. The molecule has 0 amide bonds. The van der Waals surface area contributed by atoms with E-state index in [9.17, 15) is 0 Å². The fourth-order valence-electron chi connectivity index (χ4n) is 1.50. The average Bonchev–Trinajstić information content (AvgIpc) is 2.26. The van der Waals surface area contributed by atoms with Crippen LogP contribution < -0.4 is 0 Å². The van der Waals surface area contributed by atoms with Crippen LogP contribution in [-0.4, -0.2) is 15.0 Å². The molecule has 3 aromatic rings. The van der Waals surface area contributed by atoms with Gasteiger partial charge in [0, 0.05) is 23.2 Å². The number of pyridine rings is 3. The largest absolute Gasteiger partial charge is 0.237 e. The first-order chi connectivity index (χ1) is 6.93. The highest BCUT2D eigenvalue weighted by molar-refractivity contribution is 5.88. The van der Waals surface area contributed by atoms with Crippen molar-refractivity contribution in [1.29, 1.82) is 0 Å². The SMILES string of the molecule is c1cnc2nc3ncccc3cc2c1. The Morgan fingerprint density at radius 3 is 1.93 bits per heavy atom. The molecular weight excluding hydrogens is 174 g/mol. The predicted molar refractivity (Wildman–Crippen MR) is 54.8 cm³/mol. The summed E-state index contributed by atoms with van der Waals surface area (Å²) < 4.78 is 0. The molecule has 3 nitrogen and oxygen atoms in total. The number of rotatable bonds is 0. The van der Waals surface area contributed by atoms with Gasteiger partial charge in [-0.2, -0.15) is 0 Å². The van der Waals surface area contributed by atoms with Crippen LogP contribution in [0.25, 0.3) is 22.1 Å². The third-order valence-electron chi connectivity index (χ3n) is 2.16. The second kappa shape index (κ2) is 2.73. The molecule has 0 unspecified atom stereocenters. The van der Waals surface area contributed by atoms with Gasteiger partial charge in [-0.3, -0.25) is 0 Å². The molecule has 0 radical (unpaired) electrons. The Bertz CT molecular complexity index is 499. The maximum absolute atomic E-state index is 4.36. The molecule has 0 spiro atoms. The third kappa shape index (κ3) is 1.03. The lowest BCUT2D eigenvalue weighted by Crippen LogP contribution is -1.86. The standard InChI is InChI=1S/C11H7N3/c1-3-8-7-9-4-2-6-13-11(9)14-10(8)12-5-1/h1-7H. The van der Waals surface area contributed by atoms with Gasteiger partial charge < -0.3 is 0 Å². The van der Waals surface area contributed by atoms with Gasteiger partial charge in [-0.1, -0.05) is 0 Å². The molecule has 0 aromatic carbocycles. The summed E-state index contributed by atoms with van der Waals surface area (Å²) in [4.78, 5) is 12.7. The van der Waals surface area contributed by atoms with Crippen LogP contribution in [0.15, 0.2) is 42.7 Å². The van der Waals surface area contributed by atoms with Crippen molar-refractivity contribution in [2.45, 2.75) is 0 Å². The van der Waals surface area contributed by atoms with Crippen molar-refractivity contribution >= 4 is 22.1 Å². The number of aromatic nitrogens is 3. The van der Waals surface area contributed by atoms with E-state index in [1.54, 1.807) is 12.4 Å². The average molecular weight is 181 g/mol. The van der Waals surface area contributed by atoms with Crippen LogP contribution in [0.5, 0.6) is 0 Å². The van der Waals surface area contributed by atoms with Gasteiger partial charge in [0.25, 0.3) is 0 Å². The quantitative estimate of drug-likeness (QED) is 0.499. The molecule has 0 N–H and O–H groups in total. The van der Waals surface area contributed by atoms with Crippen LogP contribution in [0, 0.1) is 0 Å². The number of nitrogens with zero attached hydrogens (tertiary/aromatic N) is 3. The van der Waals surface area contributed by atoms with Gasteiger partial charge in [-0.15, -0.1) is 0 Å². The molecule has 0 saturated heterocycles. The van der Waals surface area contributed by atoms with Crippen LogP contribution >= 0.6 is 0 Å². The van der Waals surface area contributed by atoms with E-state index in [2.05, 4.69) is 21.0 Å². The summed E-state index contributed by atoms with van der Waals surface area (Å²) in [6.07, 6.45) is 3.48. The summed E-state index contributed by atoms with van der Waals surface area (Å²) in [7, 11) is 0. The highest BCUT2D eigenvalue weighted by Crippen LogP contribution is 2.15. The van der Waals surface area contributed by atoms with Gasteiger partial charge in [0.15, 0.2) is 11.3 Å². The zero-order chi connectivity index (χ0) is 9.38. The minimum Gasteiger partial charge on any atom is -0.237 e. The lowest BCUT2D eigenvalue weighted by Gasteiger charge is -1.98. The van der Waals surface area contributed by atoms with Gasteiger partial charge in [-0.25, -0.2) is 15.0 Å². The highest BCUT2D eigenvalue weighted by atomic mass is 14.9. The van der Waals surface area contributed by atoms with E-state index in [-0.39, 0.29) is 0 Å². The van der Waals surface area contributed by atoms with Crippen molar-refractivity contribution < 1.29 is 0 Å². The van der Waals surface area contributed by atoms with E-state index in [1.807, 2.05) is 24.3 Å². The lowest BCUT2D eigenvalue weighted by molar-refractivity contribution is 1.27. The summed E-state index contributed by atoms with van der Waals surface area (Å²) in [5.74, 6) is 0. The first kappa shape index (κ1) is 7.38. The zero-order valence-corrected chi connectivity index (χ0v) is 7.38. The molecule has 0 saturated carbocycles. The summed E-state index contributed by atoms with van der Waals surface area (Å²) in [6.45, 7) is 0. The molecule has 0 bridgehead atoms. The zero-order valence-electron chi connectivity index (χ0n) is 7.38. The first-order valence-corrected chi connectivity index (χ1v) is 4.40. The van der Waals surface area contributed by atoms with Gasteiger partial charge in [0.05, 0.1) is 0 Å². The number of hydrogen-bond donors (Lipinski definition) is 0. The number of hydrogen-bond acceptors (Lipinski definition) is 3. The van der Waals surface area contributed by atoms with Crippen molar-refractivity contribution in [1.82, 2.24) is 15.0 Å². The minimum atomic E-state index is 0.749. The van der Waals surface area contributed by atoms with Crippen LogP contribution in [0.4, 0.5) is 0 Å². The van der Waals surface area contributed by atoms with E-state index in [0.29, 0.717) is 0 Å². The molecule has 3 aromatic heterocycles. The Balaban J connectivity index is 2.52. The van der Waals surface area contributed by atoms with Crippen LogP contribution in [0.2, 0.25) is 0 Å². The fraction of sp³-hybridized carbons (Fsp3) is 0. The van der Waals surface area contributed by atoms with Gasteiger partial charge >= 0.3 is 0 Å². The van der Waals surface area contributed by atoms with E-state index in [1.165, 1.54) is 0 Å². The normalized spacial score (nSPS) is 10.9. The molecule has 0 aliphatic carbocycles. The summed E-state index contributed by atoms with van der Waals surface area (Å²) in [5, 5.41) is 2.10. The van der Waals surface area contributed by atoms with Crippen LogP contribution in [-0.2, 0) is 0 Å². The number of fused-ring (bicyclic) bond motifs is 2. The lowest BCUT2D eigenvalue weighted by atomic mass is 10.2. The minimum absolute atomic E-state index is 0.749. The van der Waals surface area contributed by atoms with E-state index in [0.717, 1.165) is 22.1 Å². The fourth-order valence-corrected chi connectivity index (χ4v) is 1.50. The van der Waals surface area contributed by atoms with Crippen molar-refractivity contribution in [2.24, 2.45) is 0 Å². The molecule has 0 atom stereocenters. The van der Waals surface area contributed by atoms with Crippen LogP contribution in [0.1, 0.15) is 0 Å². The second-order valence-corrected chi connectivity index (χ2v) is 3.09. The first-order valence-electron chi connectivity index (χ1n) is 4.40. The topological polar surface area (TPSA) is 38.7 Å². The Morgan fingerprint density at radius 1 is 0.786 bits per heavy atom. The molecular formula is C11H7N3.